The highest BCUT2D eigenvalue weighted by Gasteiger charge is 2.58. The number of hydrogen-bond acceptors (Lipinski definition) is 8. The van der Waals surface area contributed by atoms with Crippen molar-refractivity contribution in [1.29, 1.82) is 0 Å². The lowest BCUT2D eigenvalue weighted by atomic mass is 9.81. The first kappa shape index (κ1) is 22.0. The molecule has 4 rings (SSSR count). The summed E-state index contributed by atoms with van der Waals surface area (Å²) in [6, 6.07) is 10.8. The average molecular weight is 432 g/mol. The number of rotatable bonds is 4. The summed E-state index contributed by atoms with van der Waals surface area (Å²) >= 11 is 0. The van der Waals surface area contributed by atoms with Crippen LogP contribution in [0.4, 0.5) is 0 Å². The Labute approximate surface area is 180 Å². The fourth-order valence-corrected chi connectivity index (χ4v) is 4.10. The lowest BCUT2D eigenvalue weighted by Gasteiger charge is -2.50. The summed E-state index contributed by atoms with van der Waals surface area (Å²) in [6.45, 7) is 3.64. The Bertz CT molecular complexity index is 963. The number of aryl methyl sites for hydroxylation is 1. The van der Waals surface area contributed by atoms with Crippen LogP contribution in [0.5, 0.6) is 11.5 Å². The van der Waals surface area contributed by atoms with Gasteiger partial charge in [-0.3, -0.25) is 0 Å². The molecule has 5 atom stereocenters. The molecule has 0 aromatic heterocycles. The Morgan fingerprint density at radius 2 is 1.68 bits per heavy atom. The van der Waals surface area contributed by atoms with Crippen LogP contribution >= 0.6 is 0 Å². The predicted molar refractivity (Wildman–Crippen MR) is 110 cm³/mol. The molecule has 31 heavy (non-hydrogen) atoms. The summed E-state index contributed by atoms with van der Waals surface area (Å²) in [6.07, 6.45) is -4.58. The smallest absolute Gasteiger partial charge is 0.222 e. The maximum Gasteiger partial charge on any atom is 0.222 e. The third kappa shape index (κ3) is 3.80. The van der Waals surface area contributed by atoms with Crippen molar-refractivity contribution in [3.8, 4) is 11.5 Å². The molecule has 2 heterocycles. The molecule has 168 valence electrons. The fourth-order valence-electron chi connectivity index (χ4n) is 4.10. The molecule has 0 bridgehead atoms. The van der Waals surface area contributed by atoms with Crippen molar-refractivity contribution in [1.82, 2.24) is 0 Å². The summed E-state index contributed by atoms with van der Waals surface area (Å²) in [4.78, 5) is 0. The largest absolute Gasteiger partial charge is 0.486 e. The van der Waals surface area contributed by atoms with Gasteiger partial charge in [-0.1, -0.05) is 18.2 Å². The Morgan fingerprint density at radius 1 is 0.968 bits per heavy atom. The molecule has 0 unspecified atom stereocenters. The Hall–Kier alpha value is -2.20. The van der Waals surface area contributed by atoms with Crippen LogP contribution in [0.25, 0.3) is 0 Å². The van der Waals surface area contributed by atoms with Gasteiger partial charge in [-0.25, -0.2) is 0 Å². The van der Waals surface area contributed by atoms with E-state index in [1.54, 1.807) is 18.2 Å². The SMILES string of the molecule is Cc1ccc([C@]2(O)O[C@](C)(CO)[C@@H](O)[C@H](O)[C@H]2O)cc1Cc1ccc2c(c1)OCCO2. The monoisotopic (exact) mass is 432 g/mol. The third-order valence-corrected chi connectivity index (χ3v) is 6.14. The molecule has 0 amide bonds. The summed E-state index contributed by atoms with van der Waals surface area (Å²) in [5.41, 5.74) is 1.35. The molecule has 2 aliphatic rings. The second kappa shape index (κ2) is 8.05. The maximum atomic E-state index is 11.2. The van der Waals surface area contributed by atoms with Crippen molar-refractivity contribution < 1.29 is 39.7 Å². The first-order valence-electron chi connectivity index (χ1n) is 10.2. The van der Waals surface area contributed by atoms with E-state index >= 15 is 0 Å². The average Bonchev–Trinajstić information content (AvgIpc) is 2.77. The third-order valence-electron chi connectivity index (χ3n) is 6.14. The van der Waals surface area contributed by atoms with Gasteiger partial charge in [0.05, 0.1) is 6.61 Å². The van der Waals surface area contributed by atoms with Gasteiger partial charge in [-0.05, 0) is 55.2 Å². The quantitative estimate of drug-likeness (QED) is 0.469. The highest BCUT2D eigenvalue weighted by Crippen LogP contribution is 2.41. The lowest BCUT2D eigenvalue weighted by Crippen LogP contribution is -2.68. The van der Waals surface area contributed by atoms with Crippen LogP contribution < -0.4 is 9.47 Å². The normalized spacial score (nSPS) is 32.7. The van der Waals surface area contributed by atoms with Crippen molar-refractivity contribution in [2.24, 2.45) is 0 Å². The molecule has 5 N–H and O–H groups in total. The molecule has 2 aromatic carbocycles. The minimum Gasteiger partial charge on any atom is -0.486 e. The van der Waals surface area contributed by atoms with Crippen LogP contribution in [-0.4, -0.2) is 69.3 Å². The Balaban J connectivity index is 1.67. The molecule has 2 aliphatic heterocycles. The minimum atomic E-state index is -2.31. The molecular formula is C23H28O8. The summed E-state index contributed by atoms with van der Waals surface area (Å²) in [7, 11) is 0. The summed E-state index contributed by atoms with van der Waals surface area (Å²) < 4.78 is 16.8. The zero-order valence-electron chi connectivity index (χ0n) is 17.5. The molecule has 0 saturated carbocycles. The number of fused-ring (bicyclic) bond motifs is 1. The predicted octanol–water partition coefficient (Wildman–Crippen LogP) is 0.366. The summed E-state index contributed by atoms with van der Waals surface area (Å²) in [5, 5.41) is 51.9. The second-order valence-corrected chi connectivity index (χ2v) is 8.45. The van der Waals surface area contributed by atoms with Crippen LogP contribution in [0.1, 0.15) is 29.2 Å². The topological polar surface area (TPSA) is 129 Å². The fraction of sp³-hybridized carbons (Fsp3) is 0.478. The van der Waals surface area contributed by atoms with Crippen LogP contribution in [0.3, 0.4) is 0 Å². The van der Waals surface area contributed by atoms with Crippen LogP contribution in [0.15, 0.2) is 36.4 Å². The molecule has 8 nitrogen and oxygen atoms in total. The molecule has 1 fully saturated rings. The number of benzene rings is 2. The van der Waals surface area contributed by atoms with E-state index in [1.165, 1.54) is 6.92 Å². The molecule has 0 aliphatic carbocycles. The van der Waals surface area contributed by atoms with Gasteiger partial charge in [0, 0.05) is 5.56 Å². The van der Waals surface area contributed by atoms with Gasteiger partial charge in [0.2, 0.25) is 5.79 Å². The van der Waals surface area contributed by atoms with Crippen LogP contribution in [-0.2, 0) is 16.9 Å². The Kier molecular flexibility index (Phi) is 5.72. The van der Waals surface area contributed by atoms with E-state index in [-0.39, 0.29) is 5.56 Å². The molecule has 0 radical (unpaired) electrons. The molecule has 1 saturated heterocycles. The highest BCUT2D eigenvalue weighted by atomic mass is 16.7. The molecule has 8 heteroatoms. The van der Waals surface area contributed by atoms with E-state index in [2.05, 4.69) is 0 Å². The van der Waals surface area contributed by atoms with Gasteiger partial charge in [-0.2, -0.15) is 0 Å². The van der Waals surface area contributed by atoms with Crippen LogP contribution in [0, 0.1) is 6.92 Å². The zero-order chi connectivity index (χ0) is 22.4. The van der Waals surface area contributed by atoms with Gasteiger partial charge in [0.1, 0.15) is 37.1 Å². The minimum absolute atomic E-state index is 0.212. The van der Waals surface area contributed by atoms with E-state index in [9.17, 15) is 25.5 Å². The van der Waals surface area contributed by atoms with Gasteiger partial charge >= 0.3 is 0 Å². The lowest BCUT2D eigenvalue weighted by molar-refractivity contribution is -0.386. The van der Waals surface area contributed by atoms with Crippen molar-refractivity contribution in [3.63, 3.8) is 0 Å². The van der Waals surface area contributed by atoms with E-state index in [0.29, 0.717) is 31.1 Å². The van der Waals surface area contributed by atoms with Gasteiger partial charge in [-0.15, -0.1) is 0 Å². The van der Waals surface area contributed by atoms with Gasteiger partial charge < -0.3 is 39.7 Å². The molecule has 2 aromatic rings. The first-order valence-corrected chi connectivity index (χ1v) is 10.2. The van der Waals surface area contributed by atoms with Crippen molar-refractivity contribution >= 4 is 0 Å². The second-order valence-electron chi connectivity index (χ2n) is 8.45. The molecular weight excluding hydrogens is 404 g/mol. The number of hydrogen-bond donors (Lipinski definition) is 5. The molecule has 0 spiro atoms. The summed E-state index contributed by atoms with van der Waals surface area (Å²) in [5.74, 6) is -0.937. The number of aliphatic hydroxyl groups excluding tert-OH is 4. The van der Waals surface area contributed by atoms with Gasteiger partial charge in [0.15, 0.2) is 11.5 Å². The highest BCUT2D eigenvalue weighted by molar-refractivity contribution is 5.46. The standard InChI is InChI=1S/C23H28O8/c1-13-3-5-16(23(28)21(27)19(25)20(26)22(2,12-24)31-23)11-15(13)9-14-4-6-17-18(10-14)30-8-7-29-17/h3-6,10-11,19-21,24-28H,7-9,12H2,1-2H3/t19-,20-,21+,22+,23-/m0/s1. The zero-order valence-corrected chi connectivity index (χ0v) is 17.5. The van der Waals surface area contributed by atoms with E-state index in [0.717, 1.165) is 16.7 Å². The number of ether oxygens (including phenoxy) is 3. The van der Waals surface area contributed by atoms with Crippen molar-refractivity contribution in [2.75, 3.05) is 19.8 Å². The van der Waals surface area contributed by atoms with E-state index in [4.69, 9.17) is 14.2 Å². The van der Waals surface area contributed by atoms with Crippen LogP contribution in [0.2, 0.25) is 0 Å². The maximum absolute atomic E-state index is 11.2. The first-order chi connectivity index (χ1) is 14.7. The van der Waals surface area contributed by atoms with Crippen molar-refractivity contribution in [2.45, 2.75) is 50.0 Å². The van der Waals surface area contributed by atoms with Crippen molar-refractivity contribution in [3.05, 3.63) is 58.7 Å². The van der Waals surface area contributed by atoms with E-state index in [1.807, 2.05) is 25.1 Å². The Morgan fingerprint density at radius 3 is 2.39 bits per heavy atom. The van der Waals surface area contributed by atoms with Gasteiger partial charge in [0.25, 0.3) is 0 Å². The van der Waals surface area contributed by atoms with E-state index < -0.39 is 36.3 Å². The number of aliphatic hydroxyl groups is 5.